The first-order valence-corrected chi connectivity index (χ1v) is 10.9. The fourth-order valence-electron chi connectivity index (χ4n) is 3.43. The molecule has 1 amide bonds. The largest absolute Gasteiger partial charge is 0.494 e. The maximum absolute atomic E-state index is 12.8. The Bertz CT molecular complexity index is 1070. The van der Waals surface area contributed by atoms with Crippen LogP contribution in [-0.4, -0.2) is 36.2 Å². The number of carbonyl (C=O) groups is 2. The van der Waals surface area contributed by atoms with Gasteiger partial charge in [-0.1, -0.05) is 48.5 Å². The van der Waals surface area contributed by atoms with Gasteiger partial charge in [-0.05, 0) is 54.8 Å². The Labute approximate surface area is 194 Å². The number of para-hydroxylation sites is 1. The van der Waals surface area contributed by atoms with Crippen molar-refractivity contribution in [3.05, 3.63) is 95.1 Å². The van der Waals surface area contributed by atoms with Crippen LogP contribution in [0.3, 0.4) is 0 Å². The maximum Gasteiger partial charge on any atom is 0.326 e. The summed E-state index contributed by atoms with van der Waals surface area (Å²) in [5.74, 6) is -0.165. The van der Waals surface area contributed by atoms with Gasteiger partial charge in [0.25, 0.3) is 5.91 Å². The van der Waals surface area contributed by atoms with E-state index in [1.54, 1.807) is 24.3 Å². The standard InChI is InChI=1S/C27H29NO5/c1-19-20(2)25(33-17-15-21-9-5-3-6-10-21)14-13-23(19)26(29)28-24(27(30)31)16-18-32-22-11-7-4-8-12-22/h3-14,24H,15-18H2,1-2H3,(H,28,29)(H,30,31). The van der Waals surface area contributed by atoms with E-state index in [9.17, 15) is 14.7 Å². The van der Waals surface area contributed by atoms with Gasteiger partial charge in [-0.2, -0.15) is 0 Å². The van der Waals surface area contributed by atoms with E-state index in [1.807, 2.05) is 50.2 Å². The highest BCUT2D eigenvalue weighted by molar-refractivity contribution is 5.98. The summed E-state index contributed by atoms with van der Waals surface area (Å²) in [5.41, 5.74) is 3.24. The lowest BCUT2D eigenvalue weighted by Gasteiger charge is -2.18. The average Bonchev–Trinajstić information content (AvgIpc) is 2.82. The number of hydrogen-bond donors (Lipinski definition) is 2. The zero-order valence-electron chi connectivity index (χ0n) is 18.9. The lowest BCUT2D eigenvalue weighted by Crippen LogP contribution is -2.42. The minimum Gasteiger partial charge on any atom is -0.494 e. The predicted molar refractivity (Wildman–Crippen MR) is 127 cm³/mol. The Morgan fingerprint density at radius 3 is 2.18 bits per heavy atom. The van der Waals surface area contributed by atoms with Gasteiger partial charge in [-0.3, -0.25) is 4.79 Å². The zero-order valence-corrected chi connectivity index (χ0v) is 18.9. The van der Waals surface area contributed by atoms with Crippen molar-refractivity contribution < 1.29 is 24.2 Å². The first-order chi connectivity index (χ1) is 16.0. The van der Waals surface area contributed by atoms with E-state index in [-0.39, 0.29) is 13.0 Å². The predicted octanol–water partition coefficient (Wildman–Crippen LogP) is 4.58. The quantitative estimate of drug-likeness (QED) is 0.450. The van der Waals surface area contributed by atoms with E-state index < -0.39 is 17.9 Å². The molecule has 0 aliphatic carbocycles. The van der Waals surface area contributed by atoms with Crippen LogP contribution >= 0.6 is 0 Å². The summed E-state index contributed by atoms with van der Waals surface area (Å²) < 4.78 is 11.5. The van der Waals surface area contributed by atoms with Crippen molar-refractivity contribution >= 4 is 11.9 Å². The molecule has 0 saturated carbocycles. The van der Waals surface area contributed by atoms with Crippen molar-refractivity contribution in [2.24, 2.45) is 0 Å². The van der Waals surface area contributed by atoms with Gasteiger partial charge in [0.1, 0.15) is 17.5 Å². The molecule has 1 unspecified atom stereocenters. The molecule has 0 spiro atoms. The van der Waals surface area contributed by atoms with Crippen molar-refractivity contribution in [2.75, 3.05) is 13.2 Å². The smallest absolute Gasteiger partial charge is 0.326 e. The summed E-state index contributed by atoms with van der Waals surface area (Å²) in [6.45, 7) is 4.43. The van der Waals surface area contributed by atoms with E-state index in [4.69, 9.17) is 9.47 Å². The number of ether oxygens (including phenoxy) is 2. The number of carbonyl (C=O) groups excluding carboxylic acids is 1. The molecule has 0 aliphatic rings. The van der Waals surface area contributed by atoms with Gasteiger partial charge in [0.05, 0.1) is 13.2 Å². The van der Waals surface area contributed by atoms with E-state index in [2.05, 4.69) is 17.4 Å². The van der Waals surface area contributed by atoms with E-state index in [1.165, 1.54) is 5.56 Å². The van der Waals surface area contributed by atoms with E-state index in [0.29, 0.717) is 23.7 Å². The highest BCUT2D eigenvalue weighted by Crippen LogP contribution is 2.25. The van der Waals surface area contributed by atoms with Crippen LogP contribution < -0.4 is 14.8 Å². The topological polar surface area (TPSA) is 84.9 Å². The second kappa shape index (κ2) is 11.7. The highest BCUT2D eigenvalue weighted by atomic mass is 16.5. The average molecular weight is 448 g/mol. The Kier molecular flexibility index (Phi) is 8.47. The van der Waals surface area contributed by atoms with Crippen LogP contribution in [0.5, 0.6) is 11.5 Å². The summed E-state index contributed by atoms with van der Waals surface area (Å²) in [4.78, 5) is 24.5. The number of hydrogen-bond acceptors (Lipinski definition) is 4. The molecule has 2 N–H and O–H groups in total. The first-order valence-electron chi connectivity index (χ1n) is 10.9. The summed E-state index contributed by atoms with van der Waals surface area (Å²) in [6.07, 6.45) is 0.932. The zero-order chi connectivity index (χ0) is 23.6. The molecule has 0 aliphatic heterocycles. The summed E-state index contributed by atoms with van der Waals surface area (Å²) in [6, 6.07) is 21.6. The monoisotopic (exact) mass is 447 g/mol. The SMILES string of the molecule is Cc1c(OCCc2ccccc2)ccc(C(=O)NC(CCOc2ccccc2)C(=O)O)c1C. The number of amides is 1. The van der Waals surface area contributed by atoms with Gasteiger partial charge in [-0.25, -0.2) is 4.79 Å². The van der Waals surface area contributed by atoms with Crippen LogP contribution in [0.25, 0.3) is 0 Å². The van der Waals surface area contributed by atoms with Crippen LogP contribution in [0, 0.1) is 13.8 Å². The van der Waals surface area contributed by atoms with Gasteiger partial charge in [0.15, 0.2) is 0 Å². The number of benzene rings is 3. The van der Waals surface area contributed by atoms with Crippen LogP contribution in [0.1, 0.15) is 33.5 Å². The first kappa shape index (κ1) is 23.9. The van der Waals surface area contributed by atoms with Crippen molar-refractivity contribution in [3.63, 3.8) is 0 Å². The van der Waals surface area contributed by atoms with Gasteiger partial charge >= 0.3 is 5.97 Å². The molecule has 0 fully saturated rings. The Balaban J connectivity index is 1.58. The second-order valence-corrected chi connectivity index (χ2v) is 7.76. The molecule has 0 saturated heterocycles. The van der Waals surface area contributed by atoms with Crippen molar-refractivity contribution in [1.29, 1.82) is 0 Å². The van der Waals surface area contributed by atoms with Gasteiger partial charge in [-0.15, -0.1) is 0 Å². The van der Waals surface area contributed by atoms with Crippen molar-refractivity contribution in [1.82, 2.24) is 5.32 Å². The minimum absolute atomic E-state index is 0.147. The third-order valence-corrected chi connectivity index (χ3v) is 5.50. The summed E-state index contributed by atoms with van der Waals surface area (Å²) in [7, 11) is 0. The molecule has 6 nitrogen and oxygen atoms in total. The summed E-state index contributed by atoms with van der Waals surface area (Å²) in [5, 5.41) is 12.1. The molecule has 0 aromatic heterocycles. The second-order valence-electron chi connectivity index (χ2n) is 7.76. The van der Waals surface area contributed by atoms with Crippen LogP contribution in [0.2, 0.25) is 0 Å². The molecule has 1 atom stereocenters. The number of nitrogens with one attached hydrogen (secondary N) is 1. The van der Waals surface area contributed by atoms with Crippen LogP contribution in [0.4, 0.5) is 0 Å². The number of rotatable bonds is 11. The number of carboxylic acid groups (broad SMARTS) is 1. The number of carboxylic acids is 1. The molecule has 172 valence electrons. The van der Waals surface area contributed by atoms with Gasteiger partial charge in [0, 0.05) is 18.4 Å². The molecule has 0 heterocycles. The molecular weight excluding hydrogens is 418 g/mol. The lowest BCUT2D eigenvalue weighted by atomic mass is 10.0. The Morgan fingerprint density at radius 2 is 1.52 bits per heavy atom. The van der Waals surface area contributed by atoms with Gasteiger partial charge < -0.3 is 19.9 Å². The molecule has 3 aromatic rings. The van der Waals surface area contributed by atoms with E-state index in [0.717, 1.165) is 17.5 Å². The van der Waals surface area contributed by atoms with Crippen molar-refractivity contribution in [2.45, 2.75) is 32.7 Å². The number of aliphatic carboxylic acids is 1. The van der Waals surface area contributed by atoms with E-state index >= 15 is 0 Å². The highest BCUT2D eigenvalue weighted by Gasteiger charge is 2.22. The normalized spacial score (nSPS) is 11.5. The Hall–Kier alpha value is -3.80. The van der Waals surface area contributed by atoms with Gasteiger partial charge in [0.2, 0.25) is 0 Å². The lowest BCUT2D eigenvalue weighted by molar-refractivity contribution is -0.139. The third kappa shape index (κ3) is 6.84. The van der Waals surface area contributed by atoms with Crippen molar-refractivity contribution in [3.8, 4) is 11.5 Å². The minimum atomic E-state index is -1.10. The van der Waals surface area contributed by atoms with Crippen LogP contribution in [-0.2, 0) is 11.2 Å². The fraction of sp³-hybridized carbons (Fsp3) is 0.259. The summed E-state index contributed by atoms with van der Waals surface area (Å²) >= 11 is 0. The fourth-order valence-corrected chi connectivity index (χ4v) is 3.43. The molecule has 3 aromatic carbocycles. The third-order valence-electron chi connectivity index (χ3n) is 5.50. The van der Waals surface area contributed by atoms with Crippen LogP contribution in [0.15, 0.2) is 72.8 Å². The molecule has 0 radical (unpaired) electrons. The Morgan fingerprint density at radius 1 is 0.848 bits per heavy atom. The molecule has 3 rings (SSSR count). The molecular formula is C27H29NO5. The molecule has 6 heteroatoms. The molecule has 0 bridgehead atoms. The maximum atomic E-state index is 12.8. The molecule has 33 heavy (non-hydrogen) atoms.